The van der Waals surface area contributed by atoms with Crippen LogP contribution in [0.1, 0.15) is 33.6 Å². The molecule has 0 aliphatic carbocycles. The zero-order chi connectivity index (χ0) is 12.6. The Balaban J connectivity index is 3.61. The Morgan fingerprint density at radius 1 is 1.31 bits per heavy atom. The van der Waals surface area contributed by atoms with Gasteiger partial charge in [0.1, 0.15) is 9.84 Å². The maximum Gasteiger partial charge on any atom is 0.148 e. The van der Waals surface area contributed by atoms with Gasteiger partial charge < -0.3 is 5.32 Å². The maximum atomic E-state index is 11.0. The van der Waals surface area contributed by atoms with Crippen LogP contribution < -0.4 is 5.32 Å². The second-order valence-electron chi connectivity index (χ2n) is 4.40. The van der Waals surface area contributed by atoms with Gasteiger partial charge in [0.2, 0.25) is 0 Å². The second-order valence-corrected chi connectivity index (χ2v) is 8.21. The quantitative estimate of drug-likeness (QED) is 0.693. The van der Waals surface area contributed by atoms with E-state index in [1.54, 1.807) is 11.8 Å². The zero-order valence-corrected chi connectivity index (χ0v) is 12.5. The molecule has 0 amide bonds. The summed E-state index contributed by atoms with van der Waals surface area (Å²) in [5.41, 5.74) is 0. The summed E-state index contributed by atoms with van der Waals surface area (Å²) in [6.45, 7) is 7.56. The third-order valence-electron chi connectivity index (χ3n) is 2.28. The predicted octanol–water partition coefficient (Wildman–Crippen LogP) is 1.93. The van der Waals surface area contributed by atoms with E-state index in [1.807, 2.05) is 0 Å². The van der Waals surface area contributed by atoms with Gasteiger partial charge in [-0.1, -0.05) is 13.8 Å². The molecule has 0 fully saturated rings. The molecule has 5 heteroatoms. The molecule has 0 aliphatic heterocycles. The number of rotatable bonds is 9. The maximum absolute atomic E-state index is 11.0. The van der Waals surface area contributed by atoms with Crippen LogP contribution in [0.2, 0.25) is 0 Å². The molecule has 0 saturated carbocycles. The highest BCUT2D eigenvalue weighted by Gasteiger charge is 2.09. The van der Waals surface area contributed by atoms with Crippen molar-refractivity contribution in [2.75, 3.05) is 24.3 Å². The molecule has 0 heterocycles. The van der Waals surface area contributed by atoms with Gasteiger partial charge in [-0.05, 0) is 26.3 Å². The molecule has 3 nitrogen and oxygen atoms in total. The van der Waals surface area contributed by atoms with Crippen molar-refractivity contribution in [3.63, 3.8) is 0 Å². The van der Waals surface area contributed by atoms with Crippen molar-refractivity contribution in [3.8, 4) is 0 Å². The van der Waals surface area contributed by atoms with Crippen LogP contribution in [0.4, 0.5) is 0 Å². The fourth-order valence-corrected chi connectivity index (χ4v) is 3.86. The van der Waals surface area contributed by atoms with Crippen LogP contribution in [0.15, 0.2) is 0 Å². The van der Waals surface area contributed by atoms with Gasteiger partial charge in [0, 0.05) is 23.3 Å². The number of nitrogens with one attached hydrogen (secondary N) is 1. The number of sulfone groups is 1. The van der Waals surface area contributed by atoms with Crippen LogP contribution in [-0.4, -0.2) is 44.0 Å². The molecule has 0 bridgehead atoms. The lowest BCUT2D eigenvalue weighted by molar-refractivity contribution is 0.513. The molecular formula is C11H25NO2S2. The summed E-state index contributed by atoms with van der Waals surface area (Å²) in [6, 6.07) is 0.515. The summed E-state index contributed by atoms with van der Waals surface area (Å²) in [4.78, 5) is 0. The lowest BCUT2D eigenvalue weighted by Gasteiger charge is -2.17. The van der Waals surface area contributed by atoms with Gasteiger partial charge in [-0.3, -0.25) is 0 Å². The van der Waals surface area contributed by atoms with Gasteiger partial charge >= 0.3 is 0 Å². The Morgan fingerprint density at radius 2 is 1.94 bits per heavy atom. The molecule has 0 aromatic carbocycles. The average molecular weight is 267 g/mol. The van der Waals surface area contributed by atoms with Gasteiger partial charge in [0.05, 0.1) is 5.75 Å². The highest BCUT2D eigenvalue weighted by molar-refractivity contribution is 8.01. The van der Waals surface area contributed by atoms with Crippen molar-refractivity contribution >= 4 is 21.6 Å². The second kappa shape index (κ2) is 8.37. The highest BCUT2D eigenvalue weighted by Crippen LogP contribution is 2.16. The van der Waals surface area contributed by atoms with Crippen molar-refractivity contribution in [1.82, 2.24) is 5.32 Å². The summed E-state index contributed by atoms with van der Waals surface area (Å²) < 4.78 is 21.9. The van der Waals surface area contributed by atoms with E-state index in [0.29, 0.717) is 22.8 Å². The largest absolute Gasteiger partial charge is 0.314 e. The zero-order valence-electron chi connectivity index (χ0n) is 10.8. The molecule has 0 aliphatic rings. The van der Waals surface area contributed by atoms with Gasteiger partial charge in [0.15, 0.2) is 0 Å². The van der Waals surface area contributed by atoms with Gasteiger partial charge in [-0.2, -0.15) is 11.8 Å². The van der Waals surface area contributed by atoms with Crippen LogP contribution in [0, 0.1) is 0 Å². The first-order chi connectivity index (χ1) is 7.35. The number of thioether (sulfide) groups is 1. The lowest BCUT2D eigenvalue weighted by atomic mass is 10.2. The normalized spacial score (nSPS) is 16.0. The summed E-state index contributed by atoms with van der Waals surface area (Å²) in [5, 5.41) is 3.95. The van der Waals surface area contributed by atoms with Crippen LogP contribution >= 0.6 is 11.8 Å². The SMILES string of the molecule is CCCNC(C)CC(C)SCCS(C)(=O)=O. The molecule has 0 rings (SSSR count). The third-order valence-corrected chi connectivity index (χ3v) is 4.69. The van der Waals surface area contributed by atoms with Crippen LogP contribution in [0.3, 0.4) is 0 Å². The van der Waals surface area contributed by atoms with Crippen LogP contribution in [0.25, 0.3) is 0 Å². The van der Waals surface area contributed by atoms with Crippen molar-refractivity contribution in [3.05, 3.63) is 0 Å². The molecule has 1 N–H and O–H groups in total. The number of hydrogen-bond donors (Lipinski definition) is 1. The monoisotopic (exact) mass is 267 g/mol. The van der Waals surface area contributed by atoms with Gasteiger partial charge in [0.25, 0.3) is 0 Å². The van der Waals surface area contributed by atoms with Crippen molar-refractivity contribution in [2.45, 2.75) is 44.9 Å². The summed E-state index contributed by atoms with van der Waals surface area (Å²) in [7, 11) is -2.80. The first-order valence-electron chi connectivity index (χ1n) is 5.88. The van der Waals surface area contributed by atoms with Crippen LogP contribution in [0.5, 0.6) is 0 Å². The molecule has 0 saturated heterocycles. The summed E-state index contributed by atoms with van der Waals surface area (Å²) in [6.07, 6.45) is 3.54. The fourth-order valence-electron chi connectivity index (χ4n) is 1.44. The van der Waals surface area contributed by atoms with E-state index in [4.69, 9.17) is 0 Å². The van der Waals surface area contributed by atoms with Crippen LogP contribution in [-0.2, 0) is 9.84 Å². The number of hydrogen-bond acceptors (Lipinski definition) is 4. The molecule has 0 aromatic rings. The molecule has 2 unspecified atom stereocenters. The summed E-state index contributed by atoms with van der Waals surface area (Å²) >= 11 is 1.75. The topological polar surface area (TPSA) is 46.2 Å². The van der Waals surface area contributed by atoms with E-state index in [0.717, 1.165) is 19.4 Å². The highest BCUT2D eigenvalue weighted by atomic mass is 32.2. The minimum Gasteiger partial charge on any atom is -0.314 e. The van der Waals surface area contributed by atoms with E-state index >= 15 is 0 Å². The minimum absolute atomic E-state index is 0.290. The Labute approximate surface area is 105 Å². The van der Waals surface area contributed by atoms with Crippen molar-refractivity contribution in [1.29, 1.82) is 0 Å². The smallest absolute Gasteiger partial charge is 0.148 e. The molecule has 0 radical (unpaired) electrons. The Morgan fingerprint density at radius 3 is 2.44 bits per heavy atom. The van der Waals surface area contributed by atoms with Crippen molar-refractivity contribution in [2.24, 2.45) is 0 Å². The third kappa shape index (κ3) is 10.8. The molecule has 0 spiro atoms. The summed E-state index contributed by atoms with van der Waals surface area (Å²) in [5.74, 6) is 0.999. The van der Waals surface area contributed by atoms with E-state index in [1.165, 1.54) is 6.26 Å². The molecule has 2 atom stereocenters. The van der Waals surface area contributed by atoms with Crippen molar-refractivity contribution < 1.29 is 8.42 Å². The lowest BCUT2D eigenvalue weighted by Crippen LogP contribution is -2.29. The van der Waals surface area contributed by atoms with Gasteiger partial charge in [-0.15, -0.1) is 0 Å². The molecule has 98 valence electrons. The van der Waals surface area contributed by atoms with E-state index in [2.05, 4.69) is 26.1 Å². The minimum atomic E-state index is -2.80. The van der Waals surface area contributed by atoms with E-state index in [-0.39, 0.29) is 0 Å². The van der Waals surface area contributed by atoms with Gasteiger partial charge in [-0.25, -0.2) is 8.42 Å². The van der Waals surface area contributed by atoms with E-state index in [9.17, 15) is 8.42 Å². The van der Waals surface area contributed by atoms with E-state index < -0.39 is 9.84 Å². The molecule has 16 heavy (non-hydrogen) atoms. The molecular weight excluding hydrogens is 242 g/mol. The standard InChI is InChI=1S/C11H25NO2S2/c1-5-6-12-10(2)9-11(3)15-7-8-16(4,13)14/h10-12H,5-9H2,1-4H3. The predicted molar refractivity (Wildman–Crippen MR) is 74.0 cm³/mol. The fraction of sp³-hybridized carbons (Fsp3) is 1.00. The first-order valence-corrected chi connectivity index (χ1v) is 8.98. The Bertz CT molecular complexity index is 265. The Hall–Kier alpha value is 0.260. The molecule has 0 aromatic heterocycles. The first kappa shape index (κ1) is 16.3. The average Bonchev–Trinajstić information content (AvgIpc) is 2.12. The Kier molecular flexibility index (Phi) is 8.50.